The second kappa shape index (κ2) is 11.1. The zero-order valence-corrected chi connectivity index (χ0v) is 20.7. The molecule has 0 spiro atoms. The van der Waals surface area contributed by atoms with Crippen LogP contribution in [0, 0.1) is 0 Å². The summed E-state index contributed by atoms with van der Waals surface area (Å²) in [5, 5.41) is 4.28. The van der Waals surface area contributed by atoms with E-state index >= 15 is 0 Å². The Morgan fingerprint density at radius 3 is 2.25 bits per heavy atom. The topological polar surface area (TPSA) is 59.9 Å². The lowest BCUT2D eigenvalue weighted by atomic mass is 10.1. The third kappa shape index (κ3) is 5.29. The van der Waals surface area contributed by atoms with Gasteiger partial charge in [-0.2, -0.15) is 5.10 Å². The Labute approximate surface area is 215 Å². The monoisotopic (exact) mass is 494 g/mol. The number of nitrogens with zero attached hydrogens (tertiary/aromatic N) is 1. The predicted octanol–water partition coefficient (Wildman–Crippen LogP) is 6.23. The van der Waals surface area contributed by atoms with Gasteiger partial charge in [0.1, 0.15) is 6.61 Å². The van der Waals surface area contributed by atoms with E-state index in [1.807, 2.05) is 48.5 Å². The number of carbonyl (C=O) groups excluding carboxylic acids is 1. The molecule has 1 amide bonds. The zero-order valence-electron chi connectivity index (χ0n) is 19.9. The number of fused-ring (bicyclic) bond motifs is 3. The van der Waals surface area contributed by atoms with Gasteiger partial charge in [-0.05, 0) is 51.6 Å². The maximum absolute atomic E-state index is 12.5. The molecule has 0 unspecified atom stereocenters. The summed E-state index contributed by atoms with van der Waals surface area (Å²) in [6.45, 7) is 0.453. The molecule has 0 aliphatic heterocycles. The van der Waals surface area contributed by atoms with Gasteiger partial charge in [0, 0.05) is 0 Å². The van der Waals surface area contributed by atoms with Gasteiger partial charge in [0.05, 0.1) is 24.3 Å². The van der Waals surface area contributed by atoms with Crippen molar-refractivity contribution in [2.24, 2.45) is 5.10 Å². The Balaban J connectivity index is 1.17. The van der Waals surface area contributed by atoms with Gasteiger partial charge in [-0.25, -0.2) is 5.43 Å². The van der Waals surface area contributed by atoms with Crippen LogP contribution in [0.5, 0.6) is 11.5 Å². The molecule has 0 saturated carbocycles. The fourth-order valence-electron chi connectivity index (χ4n) is 4.28. The average Bonchev–Trinajstić information content (AvgIpc) is 3.25. The highest BCUT2D eigenvalue weighted by Gasteiger charge is 2.28. The Kier molecular flexibility index (Phi) is 7.33. The van der Waals surface area contributed by atoms with Crippen molar-refractivity contribution >= 4 is 23.9 Å². The number of hydrogen-bond acceptors (Lipinski definition) is 5. The van der Waals surface area contributed by atoms with E-state index in [0.717, 1.165) is 11.1 Å². The fraction of sp³-hybridized carbons (Fsp3) is 0.133. The van der Waals surface area contributed by atoms with Crippen molar-refractivity contribution in [2.75, 3.05) is 12.9 Å². The third-order valence-corrected chi connectivity index (χ3v) is 7.26. The van der Waals surface area contributed by atoms with Gasteiger partial charge >= 0.3 is 0 Å². The number of amides is 1. The summed E-state index contributed by atoms with van der Waals surface area (Å²) in [5.41, 5.74) is 9.51. The third-order valence-electron chi connectivity index (χ3n) is 5.99. The van der Waals surface area contributed by atoms with Gasteiger partial charge in [0.2, 0.25) is 5.91 Å². The van der Waals surface area contributed by atoms with Gasteiger partial charge in [0.25, 0.3) is 0 Å². The van der Waals surface area contributed by atoms with Gasteiger partial charge in [-0.3, -0.25) is 4.79 Å². The molecule has 4 aromatic carbocycles. The van der Waals surface area contributed by atoms with Crippen molar-refractivity contribution in [3.05, 3.63) is 119 Å². The second-order valence-electron chi connectivity index (χ2n) is 8.34. The van der Waals surface area contributed by atoms with Crippen LogP contribution in [0.3, 0.4) is 0 Å². The molecular weight excluding hydrogens is 468 g/mol. The van der Waals surface area contributed by atoms with Crippen LogP contribution in [-0.4, -0.2) is 25.0 Å². The molecular formula is C30H26N2O3S. The number of nitrogens with one attached hydrogen (secondary N) is 1. The van der Waals surface area contributed by atoms with Gasteiger partial charge in [-0.1, -0.05) is 78.9 Å². The molecule has 0 atom stereocenters. The number of benzene rings is 4. The maximum atomic E-state index is 12.5. The fourth-order valence-corrected chi connectivity index (χ4v) is 5.43. The minimum Gasteiger partial charge on any atom is -0.493 e. The Bertz CT molecular complexity index is 1340. The van der Waals surface area contributed by atoms with Crippen LogP contribution in [0.4, 0.5) is 0 Å². The summed E-state index contributed by atoms with van der Waals surface area (Å²) >= 11 is 1.61. The number of methoxy groups -OCH3 is 1. The number of ether oxygens (including phenoxy) is 2. The standard InChI is InChI=1S/C30H26N2O3S/c1-34-28-17-22(15-16-27(28)35-19-21-9-3-2-4-10-21)18-31-32-29(33)20-36-30-25-13-7-5-11-23(25)24-12-6-8-14-26(24)30/h2-18,30H,19-20H2,1H3,(H,32,33)/b31-18+. The molecule has 5 rings (SSSR count). The van der Waals surface area contributed by atoms with Gasteiger partial charge in [0.15, 0.2) is 11.5 Å². The van der Waals surface area contributed by atoms with Crippen LogP contribution in [0.15, 0.2) is 102 Å². The minimum atomic E-state index is -0.145. The van der Waals surface area contributed by atoms with Crippen LogP contribution in [0.1, 0.15) is 27.5 Å². The zero-order chi connectivity index (χ0) is 24.7. The minimum absolute atomic E-state index is 0.139. The van der Waals surface area contributed by atoms with Crippen LogP contribution < -0.4 is 14.9 Å². The van der Waals surface area contributed by atoms with Gasteiger partial charge < -0.3 is 9.47 Å². The predicted molar refractivity (Wildman–Crippen MR) is 146 cm³/mol. The number of rotatable bonds is 9. The highest BCUT2D eigenvalue weighted by molar-refractivity contribution is 8.00. The van der Waals surface area contributed by atoms with E-state index in [2.05, 4.69) is 59.1 Å². The molecule has 1 N–H and O–H groups in total. The van der Waals surface area contributed by atoms with Crippen LogP contribution in [-0.2, 0) is 11.4 Å². The Hall–Kier alpha value is -4.03. The summed E-state index contributed by atoms with van der Waals surface area (Å²) in [5.74, 6) is 1.42. The molecule has 36 heavy (non-hydrogen) atoms. The molecule has 0 radical (unpaired) electrons. The summed E-state index contributed by atoms with van der Waals surface area (Å²) in [6.07, 6.45) is 1.60. The Morgan fingerprint density at radius 2 is 1.56 bits per heavy atom. The number of hydrazone groups is 1. The SMILES string of the molecule is COc1cc(/C=N/NC(=O)CSC2c3ccccc3-c3ccccc32)ccc1OCc1ccccc1. The molecule has 0 heterocycles. The normalized spacial score (nSPS) is 12.2. The van der Waals surface area contributed by atoms with E-state index in [9.17, 15) is 4.79 Å². The van der Waals surface area contributed by atoms with Crippen molar-refractivity contribution < 1.29 is 14.3 Å². The second-order valence-corrected chi connectivity index (χ2v) is 9.44. The molecule has 1 aliphatic rings. The van der Waals surface area contributed by atoms with Crippen LogP contribution in [0.25, 0.3) is 11.1 Å². The van der Waals surface area contributed by atoms with Crippen molar-refractivity contribution in [3.8, 4) is 22.6 Å². The summed E-state index contributed by atoms with van der Waals surface area (Å²) in [7, 11) is 1.60. The molecule has 0 bridgehead atoms. The number of carbonyl (C=O) groups is 1. The molecule has 6 heteroatoms. The largest absolute Gasteiger partial charge is 0.493 e. The van der Waals surface area contributed by atoms with Crippen molar-refractivity contribution in [2.45, 2.75) is 11.9 Å². The van der Waals surface area contributed by atoms with E-state index in [4.69, 9.17) is 9.47 Å². The molecule has 1 aliphatic carbocycles. The van der Waals surface area contributed by atoms with E-state index in [0.29, 0.717) is 23.9 Å². The highest BCUT2D eigenvalue weighted by atomic mass is 32.2. The maximum Gasteiger partial charge on any atom is 0.250 e. The first-order valence-electron chi connectivity index (χ1n) is 11.7. The van der Waals surface area contributed by atoms with Crippen LogP contribution in [0.2, 0.25) is 0 Å². The number of thioether (sulfide) groups is 1. The number of hydrogen-bond donors (Lipinski definition) is 1. The lowest BCUT2D eigenvalue weighted by Gasteiger charge is -2.12. The molecule has 0 aromatic heterocycles. The first-order chi connectivity index (χ1) is 17.7. The summed E-state index contributed by atoms with van der Waals surface area (Å²) < 4.78 is 11.4. The molecule has 4 aromatic rings. The van der Waals surface area contributed by atoms with Crippen molar-refractivity contribution in [3.63, 3.8) is 0 Å². The van der Waals surface area contributed by atoms with E-state index in [-0.39, 0.29) is 11.2 Å². The molecule has 0 fully saturated rings. The first kappa shape index (κ1) is 23.7. The summed E-state index contributed by atoms with van der Waals surface area (Å²) in [4.78, 5) is 12.5. The van der Waals surface area contributed by atoms with E-state index < -0.39 is 0 Å². The van der Waals surface area contributed by atoms with Crippen LogP contribution >= 0.6 is 11.8 Å². The molecule has 180 valence electrons. The first-order valence-corrected chi connectivity index (χ1v) is 12.7. The van der Waals surface area contributed by atoms with Crippen molar-refractivity contribution in [1.82, 2.24) is 5.43 Å². The molecule has 0 saturated heterocycles. The lowest BCUT2D eigenvalue weighted by Crippen LogP contribution is -2.20. The highest BCUT2D eigenvalue weighted by Crippen LogP contribution is 2.49. The van der Waals surface area contributed by atoms with E-state index in [1.165, 1.54) is 22.3 Å². The van der Waals surface area contributed by atoms with Gasteiger partial charge in [-0.15, -0.1) is 11.8 Å². The smallest absolute Gasteiger partial charge is 0.250 e. The van der Waals surface area contributed by atoms with Crippen molar-refractivity contribution in [1.29, 1.82) is 0 Å². The lowest BCUT2D eigenvalue weighted by molar-refractivity contribution is -0.118. The quantitative estimate of drug-likeness (QED) is 0.221. The average molecular weight is 495 g/mol. The Morgan fingerprint density at radius 1 is 0.889 bits per heavy atom. The van der Waals surface area contributed by atoms with E-state index in [1.54, 1.807) is 25.1 Å². The summed E-state index contributed by atoms with van der Waals surface area (Å²) in [6, 6.07) is 32.3. The molecule has 5 nitrogen and oxygen atoms in total.